The molecule has 0 heterocycles. The third-order valence-corrected chi connectivity index (χ3v) is 9.19. The van der Waals surface area contributed by atoms with Crippen LogP contribution in [0.1, 0.15) is 220 Å². The van der Waals surface area contributed by atoms with Gasteiger partial charge in [-0.15, -0.1) is 0 Å². The van der Waals surface area contributed by atoms with Crippen molar-refractivity contribution in [3.63, 3.8) is 0 Å². The second-order valence-corrected chi connectivity index (χ2v) is 13.9. The molecule has 0 aromatic heterocycles. The number of amides is 2. The largest absolute Gasteiger partial charge is 0.354 e. The van der Waals surface area contributed by atoms with Crippen LogP contribution in [-0.2, 0) is 9.59 Å². The lowest BCUT2D eigenvalue weighted by Gasteiger charge is -2.23. The minimum absolute atomic E-state index is 0.0134. The molecule has 0 unspecified atom stereocenters. The smallest absolute Gasteiger partial charge is 0.220 e. The first kappa shape index (κ1) is 41.9. The van der Waals surface area contributed by atoms with Gasteiger partial charge in [0.25, 0.3) is 0 Å². The Labute approximate surface area is 270 Å². The van der Waals surface area contributed by atoms with Crippen LogP contribution < -0.4 is 10.6 Å². The molecule has 0 aromatic rings. The van der Waals surface area contributed by atoms with E-state index in [9.17, 15) is 9.59 Å². The number of unbranched alkanes of at least 4 members (excludes halogenated alkanes) is 26. The van der Waals surface area contributed by atoms with E-state index in [-0.39, 0.29) is 17.9 Å². The molecule has 0 saturated heterocycles. The van der Waals surface area contributed by atoms with E-state index in [1.165, 1.54) is 154 Å². The third kappa shape index (κ3) is 32.2. The Bertz CT molecular complexity index is 592. The van der Waals surface area contributed by atoms with Crippen molar-refractivity contribution in [1.82, 2.24) is 10.6 Å². The Balaban J connectivity index is 3.63. The molecule has 0 aliphatic heterocycles. The Morgan fingerprint density at radius 3 is 1.00 bits per heavy atom. The highest BCUT2D eigenvalue weighted by Crippen LogP contribution is 2.15. The lowest BCUT2D eigenvalue weighted by Crippen LogP contribution is -2.46. The quantitative estimate of drug-likeness (QED) is 0.0716. The first-order chi connectivity index (χ1) is 21.0. The maximum atomic E-state index is 12.5. The van der Waals surface area contributed by atoms with Crippen LogP contribution >= 0.6 is 0 Å². The highest BCUT2D eigenvalue weighted by atomic mass is 16.2. The average molecular weight is 607 g/mol. The van der Waals surface area contributed by atoms with Crippen LogP contribution in [0.4, 0.5) is 0 Å². The molecule has 2 amide bonds. The Morgan fingerprint density at radius 2 is 0.698 bits per heavy atom. The Morgan fingerprint density at radius 1 is 0.419 bits per heavy atom. The molecule has 4 nitrogen and oxygen atoms in total. The summed E-state index contributed by atoms with van der Waals surface area (Å²) in [4.78, 5) is 24.9. The summed E-state index contributed by atoms with van der Waals surface area (Å²) in [5.41, 5.74) is 0. The van der Waals surface area contributed by atoms with Crippen molar-refractivity contribution in [1.29, 1.82) is 0 Å². The molecule has 1 atom stereocenters. The zero-order valence-corrected chi connectivity index (χ0v) is 29.9. The fraction of sp³-hybridized carbons (Fsp3) is 0.949. The summed E-state index contributed by atoms with van der Waals surface area (Å²) in [5.74, 6) is 0.575. The fourth-order valence-corrected chi connectivity index (χ4v) is 6.00. The van der Waals surface area contributed by atoms with Gasteiger partial charge in [-0.2, -0.15) is 0 Å². The van der Waals surface area contributed by atoms with Crippen molar-refractivity contribution < 1.29 is 9.59 Å². The molecule has 2 N–H and O–H groups in total. The van der Waals surface area contributed by atoms with Crippen LogP contribution in [0.2, 0.25) is 0 Å². The van der Waals surface area contributed by atoms with Gasteiger partial charge in [0.15, 0.2) is 0 Å². The predicted octanol–water partition coefficient (Wildman–Crippen LogP) is 12.0. The molecule has 256 valence electrons. The van der Waals surface area contributed by atoms with E-state index in [0.29, 0.717) is 25.3 Å². The number of nitrogens with one attached hydrogen (secondary N) is 2. The molecule has 0 saturated carbocycles. The van der Waals surface area contributed by atoms with Gasteiger partial charge in [-0.3, -0.25) is 9.59 Å². The van der Waals surface area contributed by atoms with Gasteiger partial charge in [0.1, 0.15) is 0 Å². The van der Waals surface area contributed by atoms with Crippen molar-refractivity contribution in [3.8, 4) is 0 Å². The normalized spacial score (nSPS) is 12.1. The van der Waals surface area contributed by atoms with Gasteiger partial charge in [0.2, 0.25) is 11.8 Å². The van der Waals surface area contributed by atoms with E-state index in [1.54, 1.807) is 0 Å². The van der Waals surface area contributed by atoms with Crippen molar-refractivity contribution in [2.24, 2.45) is 5.92 Å². The Hall–Kier alpha value is -1.06. The lowest BCUT2D eigenvalue weighted by atomic mass is 10.0. The fourth-order valence-electron chi connectivity index (χ4n) is 6.00. The lowest BCUT2D eigenvalue weighted by molar-refractivity contribution is -0.124. The van der Waals surface area contributed by atoms with E-state index >= 15 is 0 Å². The van der Waals surface area contributed by atoms with E-state index in [0.717, 1.165) is 25.7 Å². The molecule has 0 fully saturated rings. The number of carbonyl (C=O) groups is 2. The molecule has 0 aliphatic carbocycles. The monoisotopic (exact) mass is 607 g/mol. The van der Waals surface area contributed by atoms with Gasteiger partial charge in [-0.1, -0.05) is 195 Å². The summed E-state index contributed by atoms with van der Waals surface area (Å²) in [6.45, 7) is 9.35. The van der Waals surface area contributed by atoms with Gasteiger partial charge in [0, 0.05) is 25.4 Å². The number of hydrogen-bond donors (Lipinski definition) is 2. The highest BCUT2D eigenvalue weighted by molar-refractivity contribution is 5.77. The first-order valence-electron chi connectivity index (χ1n) is 19.6. The first-order valence-corrected chi connectivity index (χ1v) is 19.6. The number of rotatable bonds is 34. The minimum atomic E-state index is 0.0134. The van der Waals surface area contributed by atoms with Crippen molar-refractivity contribution >= 4 is 11.8 Å². The summed E-state index contributed by atoms with van der Waals surface area (Å²) < 4.78 is 0. The maximum absolute atomic E-state index is 12.5. The zero-order chi connectivity index (χ0) is 31.6. The third-order valence-electron chi connectivity index (χ3n) is 9.19. The topological polar surface area (TPSA) is 58.2 Å². The van der Waals surface area contributed by atoms with Crippen LogP contribution in [0.5, 0.6) is 0 Å². The molecule has 0 radical (unpaired) electrons. The number of hydrogen-bond acceptors (Lipinski definition) is 2. The second kappa shape index (κ2) is 33.8. The molecule has 0 rings (SSSR count). The molecule has 4 heteroatoms. The Kier molecular flexibility index (Phi) is 33.0. The van der Waals surface area contributed by atoms with E-state index in [4.69, 9.17) is 0 Å². The highest BCUT2D eigenvalue weighted by Gasteiger charge is 2.17. The summed E-state index contributed by atoms with van der Waals surface area (Å²) in [7, 11) is 0. The van der Waals surface area contributed by atoms with Gasteiger partial charge < -0.3 is 10.6 Å². The molecule has 43 heavy (non-hydrogen) atoms. The SMILES string of the molecule is CCCCCCCCCCCCCCCCCC(=O)N[C@@H](CNC(=O)CCCCCCCCCCCCCCC)C(C)C. The maximum Gasteiger partial charge on any atom is 0.220 e. The second-order valence-electron chi connectivity index (χ2n) is 13.9. The van der Waals surface area contributed by atoms with E-state index in [1.807, 2.05) is 0 Å². The molecule has 0 bridgehead atoms. The van der Waals surface area contributed by atoms with Crippen LogP contribution in [0, 0.1) is 5.92 Å². The summed E-state index contributed by atoms with van der Waals surface area (Å²) in [5, 5.41) is 6.27. The zero-order valence-electron chi connectivity index (χ0n) is 29.9. The standard InChI is InChI=1S/C39H78N2O2/c1-5-7-9-11-13-15-17-19-20-22-24-26-28-30-32-34-39(43)41-37(36(3)4)35-40-38(42)33-31-29-27-25-23-21-18-16-14-12-10-8-6-2/h36-37H,5-35H2,1-4H3,(H,40,42)(H,41,43)/t37-/m0/s1. The van der Waals surface area contributed by atoms with E-state index in [2.05, 4.69) is 38.3 Å². The van der Waals surface area contributed by atoms with E-state index < -0.39 is 0 Å². The van der Waals surface area contributed by atoms with Gasteiger partial charge in [0.05, 0.1) is 0 Å². The molecular weight excluding hydrogens is 528 g/mol. The van der Waals surface area contributed by atoms with Gasteiger partial charge in [-0.05, 0) is 18.8 Å². The number of carbonyl (C=O) groups excluding carboxylic acids is 2. The summed E-state index contributed by atoms with van der Waals surface area (Å²) in [6.07, 6.45) is 38.4. The van der Waals surface area contributed by atoms with Crippen molar-refractivity contribution in [2.75, 3.05) is 6.54 Å². The van der Waals surface area contributed by atoms with Crippen LogP contribution in [0.3, 0.4) is 0 Å². The molecule has 0 aliphatic rings. The average Bonchev–Trinajstić information content (AvgIpc) is 2.99. The summed E-state index contributed by atoms with van der Waals surface area (Å²) in [6, 6.07) is 0.0134. The molecule has 0 spiro atoms. The molecule has 0 aromatic carbocycles. The van der Waals surface area contributed by atoms with Crippen LogP contribution in [0.25, 0.3) is 0 Å². The van der Waals surface area contributed by atoms with Gasteiger partial charge >= 0.3 is 0 Å². The van der Waals surface area contributed by atoms with Crippen molar-refractivity contribution in [2.45, 2.75) is 226 Å². The predicted molar refractivity (Wildman–Crippen MR) is 190 cm³/mol. The van der Waals surface area contributed by atoms with Crippen molar-refractivity contribution in [3.05, 3.63) is 0 Å². The van der Waals surface area contributed by atoms with Crippen LogP contribution in [-0.4, -0.2) is 24.4 Å². The van der Waals surface area contributed by atoms with Gasteiger partial charge in [-0.25, -0.2) is 0 Å². The summed E-state index contributed by atoms with van der Waals surface area (Å²) >= 11 is 0. The minimum Gasteiger partial charge on any atom is -0.354 e. The molecular formula is C39H78N2O2. The van der Waals surface area contributed by atoms with Crippen LogP contribution in [0.15, 0.2) is 0 Å².